The van der Waals surface area contributed by atoms with Crippen LogP contribution in [0.5, 0.6) is 0 Å². The zero-order chi connectivity index (χ0) is 15.0. The molecule has 1 aromatic rings. The molecule has 1 aliphatic rings. The average Bonchev–Trinajstić information content (AvgIpc) is 2.44. The van der Waals surface area contributed by atoms with Gasteiger partial charge in [-0.05, 0) is 24.1 Å². The lowest BCUT2D eigenvalue weighted by Gasteiger charge is -2.04. The Morgan fingerprint density at radius 1 is 1.05 bits per heavy atom. The van der Waals surface area contributed by atoms with Crippen LogP contribution in [0, 0.1) is 0 Å². The number of carbonyl (C=O) groups excluding carboxylic acids is 2. The monoisotopic (exact) mass is 273 g/mol. The minimum Gasteiger partial charge on any atom is -0.480 e. The summed E-state index contributed by atoms with van der Waals surface area (Å²) in [5.74, 6) is -1.83. The van der Waals surface area contributed by atoms with E-state index in [4.69, 9.17) is 10.8 Å². The van der Waals surface area contributed by atoms with Crippen molar-refractivity contribution in [1.29, 1.82) is 0 Å². The molecule has 20 heavy (non-hydrogen) atoms. The molecule has 2 rings (SSSR count). The van der Waals surface area contributed by atoms with E-state index >= 15 is 0 Å². The number of benzene rings is 1. The number of carboxylic acids is 1. The van der Waals surface area contributed by atoms with Crippen molar-refractivity contribution in [2.75, 3.05) is 0 Å². The van der Waals surface area contributed by atoms with E-state index in [-0.39, 0.29) is 0 Å². The van der Waals surface area contributed by atoms with Crippen LogP contribution in [-0.4, -0.2) is 28.7 Å². The van der Waals surface area contributed by atoms with Crippen molar-refractivity contribution in [2.24, 2.45) is 5.73 Å². The Hall–Kier alpha value is -2.53. The smallest absolute Gasteiger partial charge is 0.320 e. The van der Waals surface area contributed by atoms with Crippen molar-refractivity contribution >= 4 is 17.5 Å². The van der Waals surface area contributed by atoms with E-state index in [2.05, 4.69) is 0 Å². The molecule has 0 heterocycles. The van der Waals surface area contributed by atoms with E-state index < -0.39 is 23.6 Å². The Balaban J connectivity index is 0.000000217. The third-order valence-corrected chi connectivity index (χ3v) is 2.46. The molecule has 0 amide bonds. The van der Waals surface area contributed by atoms with Gasteiger partial charge in [0.1, 0.15) is 6.04 Å². The Labute approximate surface area is 116 Å². The van der Waals surface area contributed by atoms with E-state index in [9.17, 15) is 14.4 Å². The zero-order valence-corrected chi connectivity index (χ0v) is 10.7. The minimum absolute atomic E-state index is 0.385. The van der Waals surface area contributed by atoms with Crippen molar-refractivity contribution in [3.63, 3.8) is 0 Å². The van der Waals surface area contributed by atoms with Gasteiger partial charge >= 0.3 is 5.97 Å². The number of nitrogens with two attached hydrogens (primary N) is 1. The number of hydrogen-bond donors (Lipinski definition) is 2. The fourth-order valence-corrected chi connectivity index (χ4v) is 1.41. The van der Waals surface area contributed by atoms with Crippen molar-refractivity contribution < 1.29 is 19.5 Å². The van der Waals surface area contributed by atoms with Crippen LogP contribution in [0.2, 0.25) is 0 Å². The summed E-state index contributed by atoms with van der Waals surface area (Å²) < 4.78 is 0. The first-order chi connectivity index (χ1) is 9.50. The molecule has 0 saturated carbocycles. The van der Waals surface area contributed by atoms with Crippen LogP contribution in [0.1, 0.15) is 5.56 Å². The van der Waals surface area contributed by atoms with Crippen LogP contribution in [0.3, 0.4) is 0 Å². The molecule has 104 valence electrons. The highest BCUT2D eigenvalue weighted by Gasteiger charge is 2.11. The van der Waals surface area contributed by atoms with Crippen LogP contribution < -0.4 is 5.73 Å². The van der Waals surface area contributed by atoms with E-state index in [1.165, 1.54) is 12.2 Å². The van der Waals surface area contributed by atoms with Gasteiger partial charge in [0.05, 0.1) is 0 Å². The maximum absolute atomic E-state index is 10.4. The van der Waals surface area contributed by atoms with Crippen LogP contribution in [0.15, 0.2) is 54.6 Å². The van der Waals surface area contributed by atoms with Crippen LogP contribution >= 0.6 is 0 Å². The van der Waals surface area contributed by atoms with Crippen molar-refractivity contribution in [1.82, 2.24) is 0 Å². The Morgan fingerprint density at radius 2 is 1.55 bits per heavy atom. The molecule has 0 aromatic heterocycles. The van der Waals surface area contributed by atoms with Crippen LogP contribution in [0.4, 0.5) is 0 Å². The average molecular weight is 273 g/mol. The minimum atomic E-state index is -0.959. The summed E-state index contributed by atoms with van der Waals surface area (Å²) >= 11 is 0. The molecule has 0 aliphatic heterocycles. The van der Waals surface area contributed by atoms with Crippen molar-refractivity contribution in [3.05, 3.63) is 60.2 Å². The summed E-state index contributed by atoms with van der Waals surface area (Å²) in [4.78, 5) is 31.0. The predicted molar refractivity (Wildman–Crippen MR) is 74.1 cm³/mol. The van der Waals surface area contributed by atoms with Gasteiger partial charge in [-0.3, -0.25) is 14.4 Å². The molecule has 1 aliphatic carbocycles. The number of carboxylic acid groups (broad SMARTS) is 1. The molecular formula is C15H15NO4. The highest BCUT2D eigenvalue weighted by atomic mass is 16.4. The highest BCUT2D eigenvalue weighted by molar-refractivity contribution is 6.46. The molecule has 0 radical (unpaired) electrons. The summed E-state index contributed by atoms with van der Waals surface area (Å²) in [6.07, 6.45) is 5.98. The Kier molecular flexibility index (Phi) is 6.06. The molecule has 5 heteroatoms. The fourth-order valence-electron chi connectivity index (χ4n) is 1.41. The summed E-state index contributed by atoms with van der Waals surface area (Å²) in [5, 5.41) is 8.52. The SMILES string of the molecule is N[C@@H](Cc1ccccc1)C(=O)O.O=C1C=CC=CC1=O. The van der Waals surface area contributed by atoms with E-state index in [1.54, 1.807) is 12.2 Å². The van der Waals surface area contributed by atoms with Gasteiger partial charge in [-0.2, -0.15) is 0 Å². The highest BCUT2D eigenvalue weighted by Crippen LogP contribution is 2.01. The third-order valence-electron chi connectivity index (χ3n) is 2.46. The second-order valence-electron chi connectivity index (χ2n) is 4.08. The molecular weight excluding hydrogens is 258 g/mol. The third kappa shape index (κ3) is 5.41. The topological polar surface area (TPSA) is 97.5 Å². The molecule has 1 aromatic carbocycles. The lowest BCUT2D eigenvalue weighted by atomic mass is 10.1. The van der Waals surface area contributed by atoms with Gasteiger partial charge in [0, 0.05) is 0 Å². The van der Waals surface area contributed by atoms with E-state index in [0.717, 1.165) is 5.56 Å². The largest absolute Gasteiger partial charge is 0.480 e. The number of ketones is 2. The number of carbonyl (C=O) groups is 3. The number of aliphatic carboxylic acids is 1. The predicted octanol–water partition coefficient (Wildman–Crippen LogP) is 0.892. The van der Waals surface area contributed by atoms with E-state index in [0.29, 0.717) is 6.42 Å². The van der Waals surface area contributed by atoms with Gasteiger partial charge in [0.15, 0.2) is 0 Å². The summed E-state index contributed by atoms with van der Waals surface area (Å²) in [6, 6.07) is 8.54. The van der Waals surface area contributed by atoms with Gasteiger partial charge in [0.25, 0.3) is 0 Å². The summed E-state index contributed by atoms with van der Waals surface area (Å²) in [6.45, 7) is 0. The first-order valence-electron chi connectivity index (χ1n) is 5.96. The standard InChI is InChI=1S/C9H11NO2.C6H4O2/c10-8(9(11)12)6-7-4-2-1-3-5-7;7-5-3-1-2-4-6(5)8/h1-5,8H,6,10H2,(H,11,12);1-4H/t8-;/m0./s1. The molecule has 1 atom stereocenters. The summed E-state index contributed by atoms with van der Waals surface area (Å²) in [5.41, 5.74) is 6.30. The first kappa shape index (κ1) is 15.5. The zero-order valence-electron chi connectivity index (χ0n) is 10.7. The number of hydrogen-bond acceptors (Lipinski definition) is 4. The molecule has 0 bridgehead atoms. The molecule has 0 fully saturated rings. The van der Waals surface area contributed by atoms with Gasteiger partial charge in [-0.25, -0.2) is 0 Å². The summed E-state index contributed by atoms with van der Waals surface area (Å²) in [7, 11) is 0. The lowest BCUT2D eigenvalue weighted by Crippen LogP contribution is -2.32. The molecule has 5 nitrogen and oxygen atoms in total. The molecule has 0 unspecified atom stereocenters. The van der Waals surface area contributed by atoms with Crippen molar-refractivity contribution in [3.8, 4) is 0 Å². The second-order valence-corrected chi connectivity index (χ2v) is 4.08. The number of rotatable bonds is 3. The van der Waals surface area contributed by atoms with Gasteiger partial charge < -0.3 is 10.8 Å². The molecule has 0 spiro atoms. The van der Waals surface area contributed by atoms with Gasteiger partial charge in [-0.15, -0.1) is 0 Å². The Morgan fingerprint density at radius 3 is 1.95 bits per heavy atom. The van der Waals surface area contributed by atoms with Gasteiger partial charge in [-0.1, -0.05) is 42.5 Å². The van der Waals surface area contributed by atoms with E-state index in [1.807, 2.05) is 30.3 Å². The fraction of sp³-hybridized carbons (Fsp3) is 0.133. The molecule has 3 N–H and O–H groups in total. The first-order valence-corrected chi connectivity index (χ1v) is 5.96. The van der Waals surface area contributed by atoms with Crippen LogP contribution in [0.25, 0.3) is 0 Å². The van der Waals surface area contributed by atoms with Crippen molar-refractivity contribution in [2.45, 2.75) is 12.5 Å². The van der Waals surface area contributed by atoms with Gasteiger partial charge in [0.2, 0.25) is 11.6 Å². The lowest BCUT2D eigenvalue weighted by molar-refractivity contribution is -0.138. The second kappa shape index (κ2) is 7.81. The number of allylic oxidation sites excluding steroid dienone is 4. The normalized spacial score (nSPS) is 14.4. The Bertz CT molecular complexity index is 524. The maximum Gasteiger partial charge on any atom is 0.320 e. The molecule has 0 saturated heterocycles. The van der Waals surface area contributed by atoms with Crippen LogP contribution in [-0.2, 0) is 20.8 Å². The quantitative estimate of drug-likeness (QED) is 0.629. The maximum atomic E-state index is 10.4.